The van der Waals surface area contributed by atoms with E-state index in [0.29, 0.717) is 17.9 Å². The normalized spacial score (nSPS) is 10.4. The first-order valence-corrected chi connectivity index (χ1v) is 4.15. The van der Waals surface area contributed by atoms with Crippen molar-refractivity contribution in [1.29, 1.82) is 0 Å². The Balaban J connectivity index is 2.93. The summed E-state index contributed by atoms with van der Waals surface area (Å²) in [6.45, 7) is -0.983. The number of hydrogen-bond donors (Lipinski definition) is 0. The topological polar surface area (TPSA) is 31.4 Å². The molecule has 14 heavy (non-hydrogen) atoms. The summed E-state index contributed by atoms with van der Waals surface area (Å²) < 4.78 is 33.0. The minimum atomic E-state index is -2.82. The van der Waals surface area contributed by atoms with Crippen LogP contribution in [0.15, 0.2) is 12.3 Å². The molecule has 0 aliphatic carbocycles. The summed E-state index contributed by atoms with van der Waals surface area (Å²) in [5, 5.41) is 0. The highest BCUT2D eigenvalue weighted by atomic mass is 19.3. The van der Waals surface area contributed by atoms with Crippen LogP contribution in [0.5, 0.6) is 11.6 Å². The molecule has 0 N–H and O–H groups in total. The van der Waals surface area contributed by atoms with Crippen molar-refractivity contribution in [3.05, 3.63) is 17.8 Å². The van der Waals surface area contributed by atoms with Crippen LogP contribution in [-0.4, -0.2) is 18.7 Å². The molecule has 0 saturated heterocycles. The van der Waals surface area contributed by atoms with Gasteiger partial charge in [0, 0.05) is 11.6 Å². The number of hydrogen-bond acceptors (Lipinski definition) is 3. The van der Waals surface area contributed by atoms with E-state index in [-0.39, 0.29) is 5.75 Å². The monoisotopic (exact) mass is 203 g/mol. The van der Waals surface area contributed by atoms with Crippen molar-refractivity contribution >= 4 is 0 Å². The summed E-state index contributed by atoms with van der Waals surface area (Å²) in [7, 11) is 1.47. The minimum absolute atomic E-state index is 0.100. The molecule has 0 aliphatic heterocycles. The molecular weight excluding hydrogens is 192 g/mol. The van der Waals surface area contributed by atoms with Crippen molar-refractivity contribution in [2.75, 3.05) is 7.11 Å². The van der Waals surface area contributed by atoms with E-state index in [9.17, 15) is 8.78 Å². The average Bonchev–Trinajstić information content (AvgIpc) is 2.17. The zero-order valence-electron chi connectivity index (χ0n) is 7.96. The van der Waals surface area contributed by atoms with E-state index < -0.39 is 6.61 Å². The van der Waals surface area contributed by atoms with Crippen molar-refractivity contribution < 1.29 is 18.3 Å². The molecule has 0 atom stereocenters. The molecule has 1 rings (SSSR count). The Morgan fingerprint density at radius 2 is 2.21 bits per heavy atom. The number of alkyl halides is 2. The molecule has 1 aromatic rings. The van der Waals surface area contributed by atoms with Crippen molar-refractivity contribution in [2.45, 2.75) is 20.0 Å². The van der Waals surface area contributed by atoms with Crippen LogP contribution in [-0.2, 0) is 6.42 Å². The Labute approximate surface area is 80.7 Å². The van der Waals surface area contributed by atoms with Crippen LogP contribution in [0.1, 0.15) is 12.5 Å². The smallest absolute Gasteiger partial charge is 0.387 e. The first-order valence-electron chi connectivity index (χ1n) is 4.15. The summed E-state index contributed by atoms with van der Waals surface area (Å²) in [6, 6.07) is 1.58. The Morgan fingerprint density at radius 1 is 1.50 bits per heavy atom. The summed E-state index contributed by atoms with van der Waals surface area (Å²) in [5.74, 6) is 0.492. The number of nitrogens with zero attached hydrogens (tertiary/aromatic N) is 1. The second kappa shape index (κ2) is 4.74. The van der Waals surface area contributed by atoms with Gasteiger partial charge in [0.1, 0.15) is 5.75 Å². The van der Waals surface area contributed by atoms with Crippen LogP contribution < -0.4 is 9.47 Å². The lowest BCUT2D eigenvalue weighted by Crippen LogP contribution is -2.05. The summed E-state index contributed by atoms with van der Waals surface area (Å²) in [4.78, 5) is 3.78. The highest BCUT2D eigenvalue weighted by molar-refractivity contribution is 5.34. The van der Waals surface area contributed by atoms with Gasteiger partial charge in [-0.2, -0.15) is 8.78 Å². The molecule has 3 nitrogen and oxygen atoms in total. The van der Waals surface area contributed by atoms with E-state index in [4.69, 9.17) is 4.74 Å². The van der Waals surface area contributed by atoms with Gasteiger partial charge in [0.05, 0.1) is 13.3 Å². The molecule has 0 bridgehead atoms. The van der Waals surface area contributed by atoms with Crippen LogP contribution >= 0.6 is 0 Å². The molecule has 0 radical (unpaired) electrons. The van der Waals surface area contributed by atoms with E-state index in [2.05, 4.69) is 9.72 Å². The predicted octanol–water partition coefficient (Wildman–Crippen LogP) is 2.25. The van der Waals surface area contributed by atoms with Crippen LogP contribution in [0.4, 0.5) is 8.78 Å². The molecule has 5 heteroatoms. The van der Waals surface area contributed by atoms with Crippen molar-refractivity contribution in [1.82, 2.24) is 4.98 Å². The zero-order valence-corrected chi connectivity index (χ0v) is 7.96. The number of aromatic nitrogens is 1. The number of ether oxygens (including phenoxy) is 2. The Morgan fingerprint density at radius 3 is 2.71 bits per heavy atom. The van der Waals surface area contributed by atoms with E-state index in [0.717, 1.165) is 0 Å². The van der Waals surface area contributed by atoms with Crippen LogP contribution in [0.25, 0.3) is 0 Å². The van der Waals surface area contributed by atoms with Crippen molar-refractivity contribution in [2.24, 2.45) is 0 Å². The second-order valence-corrected chi connectivity index (χ2v) is 2.57. The van der Waals surface area contributed by atoms with Gasteiger partial charge in [0.15, 0.2) is 0 Å². The maximum Gasteiger partial charge on any atom is 0.387 e. The van der Waals surface area contributed by atoms with E-state index in [1.54, 1.807) is 6.07 Å². The summed E-state index contributed by atoms with van der Waals surface area (Å²) in [6.07, 6.45) is 1.82. The van der Waals surface area contributed by atoms with Gasteiger partial charge in [-0.05, 0) is 6.42 Å². The van der Waals surface area contributed by atoms with Gasteiger partial charge in [-0.1, -0.05) is 6.92 Å². The molecule has 0 aliphatic rings. The molecule has 78 valence electrons. The van der Waals surface area contributed by atoms with Crippen LogP contribution in [0.2, 0.25) is 0 Å². The number of pyridine rings is 1. The first kappa shape index (κ1) is 10.7. The molecule has 1 heterocycles. The average molecular weight is 203 g/mol. The predicted molar refractivity (Wildman–Crippen MR) is 46.8 cm³/mol. The van der Waals surface area contributed by atoms with Crippen LogP contribution in [0.3, 0.4) is 0 Å². The minimum Gasteiger partial charge on any atom is -0.481 e. The van der Waals surface area contributed by atoms with E-state index >= 15 is 0 Å². The highest BCUT2D eigenvalue weighted by Gasteiger charge is 2.10. The van der Waals surface area contributed by atoms with Crippen LogP contribution in [0, 0.1) is 0 Å². The van der Waals surface area contributed by atoms with Gasteiger partial charge < -0.3 is 9.47 Å². The van der Waals surface area contributed by atoms with Gasteiger partial charge >= 0.3 is 6.61 Å². The fourth-order valence-corrected chi connectivity index (χ4v) is 1.05. The standard InChI is InChI=1S/C9H11F2NO2/c1-3-6-4-8(13-2)12-5-7(6)14-9(10)11/h4-5,9H,3H2,1-2H3. The fraction of sp³-hybridized carbons (Fsp3) is 0.444. The van der Waals surface area contributed by atoms with Crippen molar-refractivity contribution in [3.8, 4) is 11.6 Å². The first-order chi connectivity index (χ1) is 6.67. The van der Waals surface area contributed by atoms with Gasteiger partial charge in [-0.25, -0.2) is 4.98 Å². The number of aryl methyl sites for hydroxylation is 1. The largest absolute Gasteiger partial charge is 0.481 e. The third-order valence-corrected chi connectivity index (χ3v) is 1.73. The van der Waals surface area contributed by atoms with E-state index in [1.807, 2.05) is 6.92 Å². The van der Waals surface area contributed by atoms with Gasteiger partial charge in [-0.3, -0.25) is 0 Å². The molecule has 0 saturated carbocycles. The SMILES string of the molecule is CCc1cc(OC)ncc1OC(F)F. The van der Waals surface area contributed by atoms with Gasteiger partial charge in [0.2, 0.25) is 5.88 Å². The number of methoxy groups -OCH3 is 1. The molecule has 0 spiro atoms. The molecule has 0 unspecified atom stereocenters. The number of rotatable bonds is 4. The maximum absolute atomic E-state index is 11.9. The highest BCUT2D eigenvalue weighted by Crippen LogP contribution is 2.23. The summed E-state index contributed by atoms with van der Waals surface area (Å²) in [5.41, 5.74) is 0.650. The molecule has 0 amide bonds. The van der Waals surface area contributed by atoms with E-state index in [1.165, 1.54) is 13.3 Å². The molecule has 1 aromatic heterocycles. The quantitative estimate of drug-likeness (QED) is 0.752. The summed E-state index contributed by atoms with van der Waals surface area (Å²) >= 11 is 0. The lowest BCUT2D eigenvalue weighted by Gasteiger charge is -2.09. The van der Waals surface area contributed by atoms with Gasteiger partial charge in [-0.15, -0.1) is 0 Å². The third kappa shape index (κ3) is 2.55. The van der Waals surface area contributed by atoms with Gasteiger partial charge in [0.25, 0.3) is 0 Å². The zero-order chi connectivity index (χ0) is 10.6. The lowest BCUT2D eigenvalue weighted by molar-refractivity contribution is -0.0507. The third-order valence-electron chi connectivity index (χ3n) is 1.73. The molecule has 0 fully saturated rings. The van der Waals surface area contributed by atoms with Crippen molar-refractivity contribution in [3.63, 3.8) is 0 Å². The molecule has 0 aromatic carbocycles. The second-order valence-electron chi connectivity index (χ2n) is 2.57. The Hall–Kier alpha value is -1.39. The fourth-order valence-electron chi connectivity index (χ4n) is 1.05. The Bertz CT molecular complexity index is 305. The maximum atomic E-state index is 11.9. The number of halogens is 2. The lowest BCUT2D eigenvalue weighted by atomic mass is 10.2. The molecular formula is C9H11F2NO2. The Kier molecular flexibility index (Phi) is 3.62.